The van der Waals surface area contributed by atoms with Crippen LogP contribution in [0.5, 0.6) is 0 Å². The average Bonchev–Trinajstić information content (AvgIpc) is 2.70. The molecule has 0 amide bonds. The van der Waals surface area contributed by atoms with Crippen LogP contribution in [0.4, 0.5) is 0 Å². The summed E-state index contributed by atoms with van der Waals surface area (Å²) in [6, 6.07) is 13.1. The molecule has 0 radical (unpaired) electrons. The number of allylic oxidation sites excluding steroid dienone is 2. The lowest BCUT2D eigenvalue weighted by Crippen LogP contribution is -2.34. The monoisotopic (exact) mass is 402 g/mol. The number of carbonyl (C=O) groups excluding carboxylic acids is 1. The van der Waals surface area contributed by atoms with Gasteiger partial charge in [-0.15, -0.1) is 0 Å². The third-order valence-electron chi connectivity index (χ3n) is 6.94. The fraction of sp³-hybridized carbons (Fsp3) is 0.483. The Balaban J connectivity index is 1.80. The molecule has 1 nitrogen and oxygen atoms in total. The first kappa shape index (κ1) is 22.5. The summed E-state index contributed by atoms with van der Waals surface area (Å²) in [7, 11) is 0. The van der Waals surface area contributed by atoms with E-state index in [0.717, 1.165) is 31.2 Å². The van der Waals surface area contributed by atoms with Gasteiger partial charge in [0.2, 0.25) is 0 Å². The van der Waals surface area contributed by atoms with E-state index >= 15 is 0 Å². The predicted octanol–water partition coefficient (Wildman–Crippen LogP) is 7.86. The van der Waals surface area contributed by atoms with Gasteiger partial charge in [-0.2, -0.15) is 0 Å². The molecule has 0 saturated carbocycles. The number of hydrogen-bond donors (Lipinski definition) is 0. The van der Waals surface area contributed by atoms with Gasteiger partial charge in [-0.1, -0.05) is 89.9 Å². The van der Waals surface area contributed by atoms with E-state index in [0.29, 0.717) is 0 Å². The lowest BCUT2D eigenvalue weighted by Gasteiger charge is -2.42. The summed E-state index contributed by atoms with van der Waals surface area (Å²) in [5.74, 6) is 0.103. The maximum absolute atomic E-state index is 12.3. The van der Waals surface area contributed by atoms with Crippen LogP contribution in [0.2, 0.25) is 0 Å². The van der Waals surface area contributed by atoms with Gasteiger partial charge in [-0.05, 0) is 77.3 Å². The van der Waals surface area contributed by atoms with Gasteiger partial charge in [0.05, 0.1) is 0 Å². The van der Waals surface area contributed by atoms with Crippen molar-refractivity contribution >= 4 is 5.78 Å². The van der Waals surface area contributed by atoms with Crippen LogP contribution in [0, 0.1) is 6.92 Å². The van der Waals surface area contributed by atoms with Crippen molar-refractivity contribution < 1.29 is 4.79 Å². The number of hydrogen-bond acceptors (Lipinski definition) is 1. The van der Waals surface area contributed by atoms with E-state index in [9.17, 15) is 4.79 Å². The molecule has 1 aliphatic rings. The second kappa shape index (κ2) is 8.92. The van der Waals surface area contributed by atoms with Crippen molar-refractivity contribution in [3.8, 4) is 0 Å². The first-order valence-electron chi connectivity index (χ1n) is 11.6. The predicted molar refractivity (Wildman–Crippen MR) is 129 cm³/mol. The largest absolute Gasteiger partial charge is 0.289 e. The van der Waals surface area contributed by atoms with Crippen LogP contribution >= 0.6 is 0 Å². The zero-order valence-electron chi connectivity index (χ0n) is 19.8. The minimum atomic E-state index is 0.103. The lowest BCUT2D eigenvalue weighted by atomic mass is 9.62. The molecular weight excluding hydrogens is 364 g/mol. The highest BCUT2D eigenvalue weighted by molar-refractivity contribution is 6.04. The fourth-order valence-electron chi connectivity index (χ4n) is 4.57. The molecule has 2 aromatic carbocycles. The van der Waals surface area contributed by atoms with E-state index in [1.165, 1.54) is 40.7 Å². The van der Waals surface area contributed by atoms with Crippen molar-refractivity contribution in [3.63, 3.8) is 0 Å². The summed E-state index contributed by atoms with van der Waals surface area (Å²) in [4.78, 5) is 12.3. The average molecular weight is 403 g/mol. The standard InChI is InChI=1S/C29H38O/c1-7-8-9-10-11-27(30)23-14-12-22(13-15-23)19-24-20-26-25(18-21(24)2)28(3,4)16-17-29(26,5)6/h10-15,18,20H,7-9,16-17,19H2,1-6H3. The Labute approximate surface area is 183 Å². The minimum Gasteiger partial charge on any atom is -0.289 e. The van der Waals surface area contributed by atoms with Gasteiger partial charge < -0.3 is 0 Å². The second-order valence-corrected chi connectivity index (χ2v) is 10.4. The van der Waals surface area contributed by atoms with E-state index in [-0.39, 0.29) is 16.6 Å². The summed E-state index contributed by atoms with van der Waals surface area (Å²) < 4.78 is 0. The Kier molecular flexibility index (Phi) is 6.70. The molecule has 0 heterocycles. The normalized spacial score (nSPS) is 17.1. The van der Waals surface area contributed by atoms with Crippen molar-refractivity contribution in [1.82, 2.24) is 0 Å². The van der Waals surface area contributed by atoms with Gasteiger partial charge in [0.25, 0.3) is 0 Å². The SMILES string of the molecule is CCCCC=CC(=O)c1ccc(Cc2cc3c(cc2C)C(C)(C)CCC3(C)C)cc1. The Morgan fingerprint density at radius 2 is 1.57 bits per heavy atom. The van der Waals surface area contributed by atoms with E-state index in [4.69, 9.17) is 0 Å². The number of benzene rings is 2. The molecule has 0 unspecified atom stereocenters. The maximum Gasteiger partial charge on any atom is 0.185 e. The minimum absolute atomic E-state index is 0.103. The summed E-state index contributed by atoms with van der Waals surface area (Å²) in [6.45, 7) is 13.9. The molecule has 1 heteroatoms. The van der Waals surface area contributed by atoms with Gasteiger partial charge in [-0.3, -0.25) is 4.79 Å². The topological polar surface area (TPSA) is 17.1 Å². The van der Waals surface area contributed by atoms with Crippen LogP contribution in [0.1, 0.15) is 105 Å². The number of unbranched alkanes of at least 4 members (excludes halogenated alkanes) is 2. The van der Waals surface area contributed by atoms with Crippen LogP contribution < -0.4 is 0 Å². The second-order valence-electron chi connectivity index (χ2n) is 10.4. The molecule has 1 aliphatic carbocycles. The highest BCUT2D eigenvalue weighted by Gasteiger charge is 2.37. The van der Waals surface area contributed by atoms with Gasteiger partial charge in [0.15, 0.2) is 5.78 Å². The van der Waals surface area contributed by atoms with Crippen LogP contribution in [0.25, 0.3) is 0 Å². The number of fused-ring (bicyclic) bond motifs is 1. The van der Waals surface area contributed by atoms with Gasteiger partial charge in [0.1, 0.15) is 0 Å². The zero-order chi connectivity index (χ0) is 21.9. The number of rotatable bonds is 7. The van der Waals surface area contributed by atoms with Crippen molar-refractivity contribution in [2.24, 2.45) is 0 Å². The first-order valence-corrected chi connectivity index (χ1v) is 11.6. The third-order valence-corrected chi connectivity index (χ3v) is 6.94. The fourth-order valence-corrected chi connectivity index (χ4v) is 4.57. The number of carbonyl (C=O) groups is 1. The summed E-state index contributed by atoms with van der Waals surface area (Å²) >= 11 is 0. The van der Waals surface area contributed by atoms with Crippen molar-refractivity contribution in [2.75, 3.05) is 0 Å². The summed E-state index contributed by atoms with van der Waals surface area (Å²) in [6.07, 6.45) is 10.4. The number of ketones is 1. The molecule has 0 spiro atoms. The van der Waals surface area contributed by atoms with Crippen LogP contribution in [-0.4, -0.2) is 5.78 Å². The Morgan fingerprint density at radius 3 is 2.17 bits per heavy atom. The Morgan fingerprint density at radius 1 is 0.967 bits per heavy atom. The molecule has 0 aromatic heterocycles. The Hall–Kier alpha value is -2.15. The zero-order valence-corrected chi connectivity index (χ0v) is 19.8. The molecule has 2 aromatic rings. The molecule has 0 aliphatic heterocycles. The maximum atomic E-state index is 12.3. The van der Waals surface area contributed by atoms with Crippen molar-refractivity contribution in [2.45, 2.75) is 90.9 Å². The van der Waals surface area contributed by atoms with Crippen LogP contribution in [-0.2, 0) is 17.3 Å². The summed E-state index contributed by atoms with van der Waals surface area (Å²) in [5.41, 5.74) is 8.33. The Bertz CT molecular complexity index is 926. The third kappa shape index (κ3) is 4.94. The molecule has 3 rings (SSSR count). The highest BCUT2D eigenvalue weighted by Crippen LogP contribution is 2.46. The van der Waals surface area contributed by atoms with E-state index < -0.39 is 0 Å². The van der Waals surface area contributed by atoms with Gasteiger partial charge >= 0.3 is 0 Å². The quantitative estimate of drug-likeness (QED) is 0.262. The highest BCUT2D eigenvalue weighted by atomic mass is 16.1. The van der Waals surface area contributed by atoms with Gasteiger partial charge in [-0.25, -0.2) is 0 Å². The lowest BCUT2D eigenvalue weighted by molar-refractivity contribution is 0.104. The van der Waals surface area contributed by atoms with E-state index in [1.54, 1.807) is 6.08 Å². The summed E-state index contributed by atoms with van der Waals surface area (Å²) in [5, 5.41) is 0. The molecule has 0 saturated heterocycles. The first-order chi connectivity index (χ1) is 14.1. The smallest absolute Gasteiger partial charge is 0.185 e. The van der Waals surface area contributed by atoms with E-state index in [1.807, 2.05) is 18.2 Å². The van der Waals surface area contributed by atoms with Crippen molar-refractivity contribution in [1.29, 1.82) is 0 Å². The van der Waals surface area contributed by atoms with Gasteiger partial charge in [0, 0.05) is 5.56 Å². The van der Waals surface area contributed by atoms with Crippen LogP contribution in [0.3, 0.4) is 0 Å². The van der Waals surface area contributed by atoms with Crippen molar-refractivity contribution in [3.05, 3.63) is 81.9 Å². The molecular formula is C29H38O. The molecule has 30 heavy (non-hydrogen) atoms. The molecule has 0 fully saturated rings. The van der Waals surface area contributed by atoms with Crippen LogP contribution in [0.15, 0.2) is 48.6 Å². The molecule has 160 valence electrons. The molecule has 0 atom stereocenters. The molecule has 0 N–H and O–H groups in total. The number of aryl methyl sites for hydroxylation is 1. The van der Waals surface area contributed by atoms with E-state index in [2.05, 4.69) is 65.8 Å². The molecule has 0 bridgehead atoms.